The van der Waals surface area contributed by atoms with Crippen molar-refractivity contribution in [3.05, 3.63) is 16.1 Å². The molecule has 1 aromatic heterocycles. The number of fused-ring (bicyclic) bond motifs is 1. The van der Waals surface area contributed by atoms with Gasteiger partial charge in [0.25, 0.3) is 0 Å². The maximum atomic E-state index is 11.3. The Kier molecular flexibility index (Phi) is 1.51. The van der Waals surface area contributed by atoms with Crippen LogP contribution in [0.1, 0.15) is 20.9 Å². The minimum absolute atomic E-state index is 0.178. The number of nitrogens with zero attached hydrogens (tertiary/aromatic N) is 1. The van der Waals surface area contributed by atoms with Gasteiger partial charge in [-0.15, -0.1) is 0 Å². The van der Waals surface area contributed by atoms with Crippen LogP contribution in [0.15, 0.2) is 0 Å². The third-order valence-corrected chi connectivity index (χ3v) is 2.72. The summed E-state index contributed by atoms with van der Waals surface area (Å²) < 4.78 is 4.13. The first-order valence-electron chi connectivity index (χ1n) is 3.48. The zero-order chi connectivity index (χ0) is 7.84. The summed E-state index contributed by atoms with van der Waals surface area (Å²) >= 11 is 1.42. The number of nitrogens with one attached hydrogen (secondary N) is 1. The molecular formula is C7H8N2OS. The quantitative estimate of drug-likeness (QED) is 0.621. The summed E-state index contributed by atoms with van der Waals surface area (Å²) in [6, 6.07) is 0. The summed E-state index contributed by atoms with van der Waals surface area (Å²) in [6.45, 7) is 3.15. The molecule has 11 heavy (non-hydrogen) atoms. The highest BCUT2D eigenvalue weighted by atomic mass is 32.1. The first-order chi connectivity index (χ1) is 5.29. The number of Topliss-reactive ketones (excluding diaryl/α,β-unsaturated/α-hetero) is 1. The molecule has 0 bridgehead atoms. The van der Waals surface area contributed by atoms with Crippen molar-refractivity contribution in [1.82, 2.24) is 9.69 Å². The molecule has 0 atom stereocenters. The molecule has 2 heterocycles. The van der Waals surface area contributed by atoms with E-state index in [1.54, 1.807) is 0 Å². The van der Waals surface area contributed by atoms with Gasteiger partial charge in [-0.05, 0) is 18.5 Å². The standard InChI is InChI=1S/C7H8N2OS/c1-4-7-5(10)2-8-3-6(7)11-9-4/h8H,2-3H2,1H3. The van der Waals surface area contributed by atoms with Crippen molar-refractivity contribution in [3.8, 4) is 0 Å². The summed E-state index contributed by atoms with van der Waals surface area (Å²) in [4.78, 5) is 12.4. The molecule has 4 heteroatoms. The molecule has 0 saturated heterocycles. The lowest BCUT2D eigenvalue weighted by Crippen LogP contribution is -2.28. The van der Waals surface area contributed by atoms with Gasteiger partial charge in [-0.25, -0.2) is 0 Å². The predicted octanol–water partition coefficient (Wildman–Crippen LogP) is 0.737. The maximum absolute atomic E-state index is 11.3. The molecule has 1 N–H and O–H groups in total. The number of hydrogen-bond donors (Lipinski definition) is 1. The fourth-order valence-corrected chi connectivity index (χ4v) is 2.13. The van der Waals surface area contributed by atoms with Gasteiger partial charge in [-0.1, -0.05) is 0 Å². The molecule has 1 aromatic rings. The highest BCUT2D eigenvalue weighted by molar-refractivity contribution is 7.06. The summed E-state index contributed by atoms with van der Waals surface area (Å²) in [5.74, 6) is 0.178. The van der Waals surface area contributed by atoms with Gasteiger partial charge in [0.2, 0.25) is 0 Å². The van der Waals surface area contributed by atoms with Crippen LogP contribution >= 0.6 is 11.5 Å². The van der Waals surface area contributed by atoms with Crippen LogP contribution in [0.4, 0.5) is 0 Å². The SMILES string of the molecule is Cc1nsc2c1C(=O)CNC2. The van der Waals surface area contributed by atoms with E-state index in [9.17, 15) is 4.79 Å². The Morgan fingerprint density at radius 2 is 2.36 bits per heavy atom. The molecule has 3 nitrogen and oxygen atoms in total. The van der Waals surface area contributed by atoms with Crippen molar-refractivity contribution in [1.29, 1.82) is 0 Å². The Labute approximate surface area is 68.6 Å². The van der Waals surface area contributed by atoms with E-state index in [1.165, 1.54) is 11.5 Å². The van der Waals surface area contributed by atoms with Crippen molar-refractivity contribution >= 4 is 17.3 Å². The fourth-order valence-electron chi connectivity index (χ4n) is 1.27. The maximum Gasteiger partial charge on any atom is 0.179 e. The van der Waals surface area contributed by atoms with E-state index in [4.69, 9.17) is 0 Å². The summed E-state index contributed by atoms with van der Waals surface area (Å²) in [5, 5.41) is 3.02. The number of aryl methyl sites for hydroxylation is 1. The second-order valence-corrected chi connectivity index (χ2v) is 3.45. The molecule has 0 unspecified atom stereocenters. The Morgan fingerprint density at radius 3 is 3.09 bits per heavy atom. The van der Waals surface area contributed by atoms with Crippen LogP contribution in [-0.2, 0) is 6.54 Å². The molecule has 0 amide bonds. The number of carbonyl (C=O) groups is 1. The van der Waals surface area contributed by atoms with Crippen molar-refractivity contribution in [2.75, 3.05) is 6.54 Å². The molecule has 0 aromatic carbocycles. The van der Waals surface area contributed by atoms with Gasteiger partial charge in [-0.2, -0.15) is 4.37 Å². The second-order valence-electron chi connectivity index (χ2n) is 2.59. The van der Waals surface area contributed by atoms with E-state index >= 15 is 0 Å². The Morgan fingerprint density at radius 1 is 1.55 bits per heavy atom. The van der Waals surface area contributed by atoms with Gasteiger partial charge < -0.3 is 5.32 Å². The fraction of sp³-hybridized carbons (Fsp3) is 0.429. The number of ketones is 1. The van der Waals surface area contributed by atoms with E-state index < -0.39 is 0 Å². The Bertz CT molecular complexity index is 305. The Balaban J connectivity index is 2.56. The smallest absolute Gasteiger partial charge is 0.179 e. The summed E-state index contributed by atoms with van der Waals surface area (Å²) in [5.41, 5.74) is 1.74. The Hall–Kier alpha value is -0.740. The first kappa shape index (κ1) is 6.94. The highest BCUT2D eigenvalue weighted by Crippen LogP contribution is 2.20. The minimum atomic E-state index is 0.178. The van der Waals surface area contributed by atoms with Crippen molar-refractivity contribution < 1.29 is 4.79 Å². The van der Waals surface area contributed by atoms with E-state index in [-0.39, 0.29) is 5.78 Å². The van der Waals surface area contributed by atoms with Gasteiger partial charge in [0, 0.05) is 6.54 Å². The first-order valence-corrected chi connectivity index (χ1v) is 4.25. The molecule has 0 spiro atoms. The van der Waals surface area contributed by atoms with Crippen LogP contribution in [0.5, 0.6) is 0 Å². The largest absolute Gasteiger partial charge is 0.305 e. The van der Waals surface area contributed by atoms with Crippen molar-refractivity contribution in [2.45, 2.75) is 13.5 Å². The van der Waals surface area contributed by atoms with E-state index in [2.05, 4.69) is 9.69 Å². The number of carbonyl (C=O) groups excluding carboxylic acids is 1. The van der Waals surface area contributed by atoms with Gasteiger partial charge in [0.15, 0.2) is 5.78 Å². The van der Waals surface area contributed by atoms with Crippen LogP contribution < -0.4 is 5.32 Å². The number of hydrogen-bond acceptors (Lipinski definition) is 4. The topological polar surface area (TPSA) is 42.0 Å². The molecule has 0 saturated carbocycles. The second kappa shape index (κ2) is 2.39. The van der Waals surface area contributed by atoms with Crippen LogP contribution in [0, 0.1) is 6.92 Å². The molecular weight excluding hydrogens is 160 g/mol. The predicted molar refractivity (Wildman–Crippen MR) is 42.9 cm³/mol. The molecule has 1 aliphatic rings. The van der Waals surface area contributed by atoms with Crippen LogP contribution in [0.25, 0.3) is 0 Å². The van der Waals surface area contributed by atoms with E-state index in [0.29, 0.717) is 6.54 Å². The third-order valence-electron chi connectivity index (χ3n) is 1.78. The molecule has 2 rings (SSSR count). The zero-order valence-corrected chi connectivity index (χ0v) is 6.99. The normalized spacial score (nSPS) is 16.6. The van der Waals surface area contributed by atoms with Gasteiger partial charge in [0.05, 0.1) is 22.7 Å². The summed E-state index contributed by atoms with van der Waals surface area (Å²) in [6.07, 6.45) is 0. The van der Waals surface area contributed by atoms with Crippen molar-refractivity contribution in [2.24, 2.45) is 0 Å². The van der Waals surface area contributed by atoms with E-state index in [0.717, 1.165) is 22.7 Å². The zero-order valence-electron chi connectivity index (χ0n) is 6.18. The van der Waals surface area contributed by atoms with Gasteiger partial charge in [0.1, 0.15) is 0 Å². The lowest BCUT2D eigenvalue weighted by atomic mass is 10.1. The third kappa shape index (κ3) is 0.985. The monoisotopic (exact) mass is 168 g/mol. The number of rotatable bonds is 0. The highest BCUT2D eigenvalue weighted by Gasteiger charge is 2.21. The van der Waals surface area contributed by atoms with E-state index in [1.807, 2.05) is 6.92 Å². The number of aromatic nitrogens is 1. The van der Waals surface area contributed by atoms with Crippen molar-refractivity contribution in [3.63, 3.8) is 0 Å². The molecule has 0 aliphatic carbocycles. The minimum Gasteiger partial charge on any atom is -0.305 e. The average molecular weight is 168 g/mol. The van der Waals surface area contributed by atoms with Crippen LogP contribution in [0.2, 0.25) is 0 Å². The lowest BCUT2D eigenvalue weighted by Gasteiger charge is -2.10. The summed E-state index contributed by atoms with van der Waals surface area (Å²) in [7, 11) is 0. The average Bonchev–Trinajstić information content (AvgIpc) is 2.34. The lowest BCUT2D eigenvalue weighted by molar-refractivity contribution is 0.0982. The van der Waals surface area contributed by atoms with Crippen LogP contribution in [-0.4, -0.2) is 16.7 Å². The molecule has 58 valence electrons. The molecule has 0 radical (unpaired) electrons. The van der Waals surface area contributed by atoms with Gasteiger partial charge >= 0.3 is 0 Å². The van der Waals surface area contributed by atoms with Crippen LogP contribution in [0.3, 0.4) is 0 Å². The molecule has 0 fully saturated rings. The molecule has 1 aliphatic heterocycles. The van der Waals surface area contributed by atoms with Gasteiger partial charge in [-0.3, -0.25) is 4.79 Å².